The number of likely N-dealkylation sites (N-methyl/N-ethyl adjacent to an activating group) is 1. The van der Waals surface area contributed by atoms with Gasteiger partial charge in [-0.25, -0.2) is 4.79 Å². The van der Waals surface area contributed by atoms with Gasteiger partial charge in [-0.2, -0.15) is 0 Å². The van der Waals surface area contributed by atoms with Gasteiger partial charge in [0.25, 0.3) is 6.29 Å². The van der Waals surface area contributed by atoms with Crippen molar-refractivity contribution in [3.8, 4) is 0 Å². The maximum Gasteiger partial charge on any atom is 0.361 e. The van der Waals surface area contributed by atoms with E-state index in [4.69, 9.17) is 18.9 Å². The van der Waals surface area contributed by atoms with Crippen molar-refractivity contribution in [2.75, 3.05) is 47.5 Å². The van der Waals surface area contributed by atoms with Gasteiger partial charge >= 0.3 is 17.9 Å². The average molecular weight is 893 g/mol. The van der Waals surface area contributed by atoms with Gasteiger partial charge in [0.2, 0.25) is 0 Å². The number of carbonyl (C=O) groups excluding carboxylic acids is 2. The highest BCUT2D eigenvalue weighted by molar-refractivity contribution is 5.71. The van der Waals surface area contributed by atoms with Crippen LogP contribution < -0.4 is 0 Å². The van der Waals surface area contributed by atoms with E-state index in [2.05, 4.69) is 38.2 Å². The molecular weight excluding hydrogens is 791 g/mol. The van der Waals surface area contributed by atoms with E-state index in [9.17, 15) is 19.5 Å². The van der Waals surface area contributed by atoms with E-state index in [-0.39, 0.29) is 32.2 Å². The minimum Gasteiger partial charge on any atom is -0.477 e. The first-order valence-corrected chi connectivity index (χ1v) is 26.5. The molecule has 0 aromatic rings. The second kappa shape index (κ2) is 46.3. The van der Waals surface area contributed by atoms with Gasteiger partial charge in [-0.05, 0) is 44.9 Å². The molecule has 0 spiro atoms. The summed E-state index contributed by atoms with van der Waals surface area (Å²) in [6.07, 6.45) is 50.4. The molecule has 63 heavy (non-hydrogen) atoms. The highest BCUT2D eigenvalue weighted by atomic mass is 16.7. The summed E-state index contributed by atoms with van der Waals surface area (Å²) in [6, 6.07) is 0. The number of carboxylic acid groups (broad SMARTS) is 1. The summed E-state index contributed by atoms with van der Waals surface area (Å²) in [7, 11) is 5.95. The van der Waals surface area contributed by atoms with Crippen molar-refractivity contribution in [3.05, 3.63) is 24.3 Å². The van der Waals surface area contributed by atoms with E-state index in [1.165, 1.54) is 161 Å². The van der Waals surface area contributed by atoms with Crippen LogP contribution in [0.1, 0.15) is 245 Å². The fourth-order valence-corrected chi connectivity index (χ4v) is 7.57. The monoisotopic (exact) mass is 893 g/mol. The Morgan fingerprint density at radius 3 is 1.25 bits per heavy atom. The minimum atomic E-state index is -1.50. The number of carboxylic acids is 1. The van der Waals surface area contributed by atoms with Crippen molar-refractivity contribution in [2.24, 2.45) is 0 Å². The summed E-state index contributed by atoms with van der Waals surface area (Å²) in [5, 5.41) is 9.60. The summed E-state index contributed by atoms with van der Waals surface area (Å²) >= 11 is 0. The van der Waals surface area contributed by atoms with Crippen molar-refractivity contribution < 1.29 is 42.9 Å². The molecule has 0 saturated carbocycles. The van der Waals surface area contributed by atoms with Gasteiger partial charge < -0.3 is 28.5 Å². The lowest BCUT2D eigenvalue weighted by atomic mass is 10.0. The summed E-state index contributed by atoms with van der Waals surface area (Å²) in [4.78, 5) is 36.8. The number of allylic oxidation sites excluding steroid dienone is 4. The summed E-state index contributed by atoms with van der Waals surface area (Å²) in [5.74, 6) is -2.01. The molecule has 0 aromatic heterocycles. The van der Waals surface area contributed by atoms with E-state index in [1.54, 1.807) is 0 Å². The van der Waals surface area contributed by atoms with Crippen LogP contribution in [0.25, 0.3) is 0 Å². The van der Waals surface area contributed by atoms with Gasteiger partial charge in [-0.15, -0.1) is 0 Å². The zero-order valence-corrected chi connectivity index (χ0v) is 42.0. The number of aliphatic carboxylic acids is 1. The SMILES string of the molecule is CCCCCCC/C=C\C/C=C\CCCCCCCCCCCCCCCCCCCCCCCC(=O)OC(COC(=O)CCCCCCC)COC(OCC[N+](C)(C)C)C(=O)O. The Bertz CT molecular complexity index is 1090. The van der Waals surface area contributed by atoms with Crippen LogP contribution in [0.2, 0.25) is 0 Å². The standard InChI is InChI=1S/C54H101NO8/c1-6-8-10-12-13-14-15-16-17-18-19-20-21-22-23-24-25-26-27-28-29-30-31-32-33-34-35-36-37-38-39-41-43-45-52(57)63-50(48-61-51(56)44-42-40-11-9-7-2)49-62-54(53(58)59)60-47-46-55(3,4)5/h15-16,18-19,50,54H,6-14,17,20-49H2,1-5H3/p+1/b16-15-,19-18-. The maximum atomic E-state index is 12.7. The van der Waals surface area contributed by atoms with Gasteiger partial charge in [-0.3, -0.25) is 9.59 Å². The molecule has 370 valence electrons. The maximum absolute atomic E-state index is 12.7. The summed E-state index contributed by atoms with van der Waals surface area (Å²) in [5.41, 5.74) is 0. The van der Waals surface area contributed by atoms with Crippen LogP contribution in [-0.4, -0.2) is 87.4 Å². The van der Waals surface area contributed by atoms with Gasteiger partial charge in [0.05, 0.1) is 34.4 Å². The molecule has 9 heteroatoms. The Balaban J connectivity index is 3.87. The molecule has 9 nitrogen and oxygen atoms in total. The van der Waals surface area contributed by atoms with Crippen LogP contribution in [0.5, 0.6) is 0 Å². The van der Waals surface area contributed by atoms with Crippen molar-refractivity contribution in [2.45, 2.75) is 257 Å². The van der Waals surface area contributed by atoms with Gasteiger partial charge in [0.15, 0.2) is 6.10 Å². The zero-order valence-electron chi connectivity index (χ0n) is 42.0. The van der Waals surface area contributed by atoms with Crippen molar-refractivity contribution in [1.29, 1.82) is 0 Å². The molecule has 0 aliphatic carbocycles. The predicted octanol–water partition coefficient (Wildman–Crippen LogP) is 14.8. The molecule has 0 heterocycles. The van der Waals surface area contributed by atoms with Crippen LogP contribution >= 0.6 is 0 Å². The van der Waals surface area contributed by atoms with E-state index in [0.717, 1.165) is 57.8 Å². The molecule has 0 saturated heterocycles. The summed E-state index contributed by atoms with van der Waals surface area (Å²) in [6.45, 7) is 4.79. The molecule has 0 aromatic carbocycles. The first kappa shape index (κ1) is 60.8. The van der Waals surface area contributed by atoms with E-state index in [1.807, 2.05) is 21.1 Å². The molecule has 0 rings (SSSR count). The number of unbranched alkanes of at least 4 members (excludes halogenated alkanes) is 30. The van der Waals surface area contributed by atoms with Crippen molar-refractivity contribution >= 4 is 17.9 Å². The highest BCUT2D eigenvalue weighted by Crippen LogP contribution is 2.17. The third-order valence-corrected chi connectivity index (χ3v) is 11.7. The number of carbonyl (C=O) groups is 3. The van der Waals surface area contributed by atoms with Crippen LogP contribution in [0.15, 0.2) is 24.3 Å². The zero-order chi connectivity index (χ0) is 46.3. The fourth-order valence-electron chi connectivity index (χ4n) is 7.57. The minimum absolute atomic E-state index is 0.178. The number of ether oxygens (including phenoxy) is 4. The Labute approximate surface area is 388 Å². The van der Waals surface area contributed by atoms with Gasteiger partial charge in [-0.1, -0.05) is 212 Å². The number of hydrogen-bond acceptors (Lipinski definition) is 7. The fraction of sp³-hybridized carbons (Fsp3) is 0.870. The molecule has 1 N–H and O–H groups in total. The molecule has 0 aliphatic rings. The van der Waals surface area contributed by atoms with Crippen LogP contribution in [0.4, 0.5) is 0 Å². The predicted molar refractivity (Wildman–Crippen MR) is 263 cm³/mol. The number of rotatable bonds is 49. The van der Waals surface area contributed by atoms with Crippen LogP contribution in [0, 0.1) is 0 Å². The van der Waals surface area contributed by atoms with E-state index >= 15 is 0 Å². The number of nitrogens with zero attached hydrogens (tertiary/aromatic N) is 1. The first-order chi connectivity index (χ1) is 30.6. The lowest BCUT2D eigenvalue weighted by Crippen LogP contribution is -2.40. The lowest BCUT2D eigenvalue weighted by Gasteiger charge is -2.25. The summed E-state index contributed by atoms with van der Waals surface area (Å²) < 4.78 is 22.6. The Hall–Kier alpha value is -2.23. The van der Waals surface area contributed by atoms with Crippen molar-refractivity contribution in [1.82, 2.24) is 0 Å². The number of quaternary nitrogens is 1. The smallest absolute Gasteiger partial charge is 0.361 e. The molecular formula is C54H102NO8+. The molecule has 2 atom stereocenters. The molecule has 0 fully saturated rings. The highest BCUT2D eigenvalue weighted by Gasteiger charge is 2.25. The lowest BCUT2D eigenvalue weighted by molar-refractivity contribution is -0.870. The normalized spacial score (nSPS) is 13.0. The van der Waals surface area contributed by atoms with Gasteiger partial charge in [0, 0.05) is 12.8 Å². The average Bonchev–Trinajstić information content (AvgIpc) is 3.24. The van der Waals surface area contributed by atoms with Gasteiger partial charge in [0.1, 0.15) is 13.2 Å². The molecule has 2 unspecified atom stereocenters. The molecule has 0 bridgehead atoms. The molecule has 0 aliphatic heterocycles. The quantitative estimate of drug-likeness (QED) is 0.0211. The Morgan fingerprint density at radius 2 is 0.857 bits per heavy atom. The first-order valence-electron chi connectivity index (χ1n) is 26.5. The topological polar surface area (TPSA) is 108 Å². The van der Waals surface area contributed by atoms with Crippen LogP contribution in [-0.2, 0) is 33.3 Å². The number of hydrogen-bond donors (Lipinski definition) is 1. The third-order valence-electron chi connectivity index (χ3n) is 11.7. The Kier molecular flexibility index (Phi) is 44.7. The molecule has 0 amide bonds. The number of esters is 2. The van der Waals surface area contributed by atoms with E-state index in [0.29, 0.717) is 17.4 Å². The van der Waals surface area contributed by atoms with E-state index < -0.39 is 24.3 Å². The molecule has 0 radical (unpaired) electrons. The van der Waals surface area contributed by atoms with Crippen LogP contribution in [0.3, 0.4) is 0 Å². The van der Waals surface area contributed by atoms with Crippen molar-refractivity contribution in [3.63, 3.8) is 0 Å². The Morgan fingerprint density at radius 1 is 0.476 bits per heavy atom. The second-order valence-electron chi connectivity index (χ2n) is 19.2. The second-order valence-corrected chi connectivity index (χ2v) is 19.2. The third kappa shape index (κ3) is 47.5. The largest absolute Gasteiger partial charge is 0.477 e.